The molecule has 0 aliphatic rings. The van der Waals surface area contributed by atoms with Crippen molar-refractivity contribution in [3.8, 4) is 11.3 Å². The number of hydrogen-bond acceptors (Lipinski definition) is 5. The van der Waals surface area contributed by atoms with E-state index in [9.17, 15) is 9.59 Å². The summed E-state index contributed by atoms with van der Waals surface area (Å²) in [4.78, 5) is 32.3. The van der Waals surface area contributed by atoms with Crippen molar-refractivity contribution in [1.82, 2.24) is 14.9 Å². The van der Waals surface area contributed by atoms with Gasteiger partial charge in [0.15, 0.2) is 0 Å². The van der Waals surface area contributed by atoms with Gasteiger partial charge in [-0.05, 0) is 50.5 Å². The molecule has 0 aliphatic carbocycles. The van der Waals surface area contributed by atoms with Gasteiger partial charge in [0.05, 0.1) is 17.8 Å². The van der Waals surface area contributed by atoms with Crippen LogP contribution in [0.4, 0.5) is 4.79 Å². The fourth-order valence-corrected chi connectivity index (χ4v) is 3.24. The SMILES string of the molecule is CCC(C(=N)C(=O)O)c1ncc(-c2ccc(Br)c(CN(C)C(=O)OC(C)(C)C)c2)[nH]1. The Morgan fingerprint density at radius 2 is 2.03 bits per heavy atom. The minimum Gasteiger partial charge on any atom is -0.477 e. The number of amides is 1. The molecule has 0 aliphatic heterocycles. The Hall–Kier alpha value is -2.68. The number of aromatic amines is 1. The van der Waals surface area contributed by atoms with Gasteiger partial charge in [-0.1, -0.05) is 28.9 Å². The summed E-state index contributed by atoms with van der Waals surface area (Å²) >= 11 is 3.52. The highest BCUT2D eigenvalue weighted by atomic mass is 79.9. The molecule has 30 heavy (non-hydrogen) atoms. The number of halogens is 1. The molecule has 0 bridgehead atoms. The first-order chi connectivity index (χ1) is 13.9. The van der Waals surface area contributed by atoms with Crippen molar-refractivity contribution in [2.75, 3.05) is 7.05 Å². The Balaban J connectivity index is 2.25. The Labute approximate surface area is 184 Å². The molecule has 3 N–H and O–H groups in total. The first kappa shape index (κ1) is 23.6. The van der Waals surface area contributed by atoms with Crippen LogP contribution in [0.1, 0.15) is 51.4 Å². The van der Waals surface area contributed by atoms with E-state index in [1.807, 2.05) is 45.9 Å². The van der Waals surface area contributed by atoms with Gasteiger partial charge in [0, 0.05) is 18.1 Å². The van der Waals surface area contributed by atoms with E-state index in [1.165, 1.54) is 4.90 Å². The second kappa shape index (κ2) is 9.42. The molecule has 2 aromatic rings. The molecule has 9 heteroatoms. The number of carboxylic acids is 1. The van der Waals surface area contributed by atoms with E-state index in [0.717, 1.165) is 15.6 Å². The van der Waals surface area contributed by atoms with Crippen LogP contribution in [0.15, 0.2) is 28.9 Å². The van der Waals surface area contributed by atoms with E-state index in [4.69, 9.17) is 15.3 Å². The Morgan fingerprint density at radius 3 is 2.60 bits per heavy atom. The monoisotopic (exact) mass is 478 g/mol. The van der Waals surface area contributed by atoms with E-state index in [1.54, 1.807) is 13.2 Å². The van der Waals surface area contributed by atoms with E-state index < -0.39 is 29.3 Å². The maximum Gasteiger partial charge on any atom is 0.410 e. The third kappa shape index (κ3) is 5.91. The number of carboxylic acid groups (broad SMARTS) is 1. The normalized spacial score (nSPS) is 12.3. The highest BCUT2D eigenvalue weighted by Gasteiger charge is 2.24. The molecule has 2 rings (SSSR count). The van der Waals surface area contributed by atoms with Gasteiger partial charge in [-0.25, -0.2) is 14.6 Å². The average Bonchev–Trinajstić information content (AvgIpc) is 3.12. The van der Waals surface area contributed by atoms with Crippen LogP contribution in [0, 0.1) is 5.41 Å². The van der Waals surface area contributed by atoms with E-state index in [-0.39, 0.29) is 0 Å². The second-order valence-electron chi connectivity index (χ2n) is 8.00. The van der Waals surface area contributed by atoms with Crippen LogP contribution in [-0.2, 0) is 16.1 Å². The number of aliphatic carboxylic acids is 1. The summed E-state index contributed by atoms with van der Waals surface area (Å²) in [6, 6.07) is 5.69. The van der Waals surface area contributed by atoms with Crippen molar-refractivity contribution in [3.05, 3.63) is 40.3 Å². The summed E-state index contributed by atoms with van der Waals surface area (Å²) in [6.45, 7) is 7.61. The van der Waals surface area contributed by atoms with Crippen molar-refractivity contribution in [2.45, 2.75) is 52.2 Å². The molecule has 1 atom stereocenters. The van der Waals surface area contributed by atoms with Crippen LogP contribution >= 0.6 is 15.9 Å². The number of hydrogen-bond donors (Lipinski definition) is 3. The maximum atomic E-state index is 12.3. The van der Waals surface area contributed by atoms with Gasteiger partial charge in [0.2, 0.25) is 0 Å². The fourth-order valence-electron chi connectivity index (χ4n) is 2.87. The zero-order valence-corrected chi connectivity index (χ0v) is 19.3. The molecule has 1 aromatic carbocycles. The van der Waals surface area contributed by atoms with Crippen molar-refractivity contribution < 1.29 is 19.4 Å². The van der Waals surface area contributed by atoms with Crippen LogP contribution in [0.5, 0.6) is 0 Å². The summed E-state index contributed by atoms with van der Waals surface area (Å²) in [5, 5.41) is 16.9. The van der Waals surface area contributed by atoms with Gasteiger partial charge >= 0.3 is 12.1 Å². The van der Waals surface area contributed by atoms with Gasteiger partial charge < -0.3 is 19.7 Å². The Kier molecular flexibility index (Phi) is 7.41. The lowest BCUT2D eigenvalue weighted by Gasteiger charge is -2.25. The largest absolute Gasteiger partial charge is 0.477 e. The molecule has 1 unspecified atom stereocenters. The highest BCUT2D eigenvalue weighted by Crippen LogP contribution is 2.28. The molecule has 1 heterocycles. The molecule has 162 valence electrons. The van der Waals surface area contributed by atoms with Gasteiger partial charge in [0.25, 0.3) is 0 Å². The molecular formula is C21H27BrN4O4. The number of benzene rings is 1. The summed E-state index contributed by atoms with van der Waals surface area (Å²) in [5.41, 5.74) is 1.45. The lowest BCUT2D eigenvalue weighted by atomic mass is 10.00. The second-order valence-corrected chi connectivity index (χ2v) is 8.86. The number of ether oxygens (including phenoxy) is 1. The van der Waals surface area contributed by atoms with Crippen LogP contribution < -0.4 is 0 Å². The molecule has 1 amide bonds. The summed E-state index contributed by atoms with van der Waals surface area (Å²) in [6.07, 6.45) is 1.66. The zero-order valence-electron chi connectivity index (χ0n) is 17.7. The third-order valence-electron chi connectivity index (χ3n) is 4.38. The predicted octanol–water partition coefficient (Wildman–Crippen LogP) is 4.80. The van der Waals surface area contributed by atoms with Crippen molar-refractivity contribution >= 4 is 33.7 Å². The summed E-state index contributed by atoms with van der Waals surface area (Å²) in [5.74, 6) is -1.42. The highest BCUT2D eigenvalue weighted by molar-refractivity contribution is 9.10. The number of carbonyl (C=O) groups is 2. The van der Waals surface area contributed by atoms with E-state index >= 15 is 0 Å². The van der Waals surface area contributed by atoms with Crippen LogP contribution in [0.25, 0.3) is 11.3 Å². The van der Waals surface area contributed by atoms with Gasteiger partial charge in [-0.3, -0.25) is 5.41 Å². The van der Waals surface area contributed by atoms with Gasteiger partial charge in [-0.2, -0.15) is 0 Å². The molecule has 0 spiro atoms. The molecule has 1 aromatic heterocycles. The zero-order chi connectivity index (χ0) is 22.6. The standard InChI is InChI=1S/C21H27BrN4O4/c1-6-14(17(23)19(27)28)18-24-10-16(25-18)12-7-8-15(22)13(9-12)11-26(5)20(29)30-21(2,3)4/h7-10,14,23H,6,11H2,1-5H3,(H,24,25)(H,27,28). The number of nitrogens with zero attached hydrogens (tertiary/aromatic N) is 2. The minimum atomic E-state index is -1.25. The van der Waals surface area contributed by atoms with E-state index in [0.29, 0.717) is 24.5 Å². The minimum absolute atomic E-state index is 0.339. The number of rotatable bonds is 7. The number of H-pyrrole nitrogens is 1. The van der Waals surface area contributed by atoms with Crippen molar-refractivity contribution in [3.63, 3.8) is 0 Å². The van der Waals surface area contributed by atoms with E-state index in [2.05, 4.69) is 25.9 Å². The van der Waals surface area contributed by atoms with Crippen molar-refractivity contribution in [1.29, 1.82) is 5.41 Å². The molecule has 0 saturated carbocycles. The lowest BCUT2D eigenvalue weighted by molar-refractivity contribution is -0.129. The first-order valence-electron chi connectivity index (χ1n) is 9.52. The van der Waals surface area contributed by atoms with Gasteiger partial charge in [-0.15, -0.1) is 0 Å². The fraction of sp³-hybridized carbons (Fsp3) is 0.429. The molecule has 0 fully saturated rings. The molecule has 0 saturated heterocycles. The van der Waals surface area contributed by atoms with Crippen LogP contribution in [-0.4, -0.2) is 50.4 Å². The lowest BCUT2D eigenvalue weighted by Crippen LogP contribution is -2.33. The Bertz CT molecular complexity index is 949. The summed E-state index contributed by atoms with van der Waals surface area (Å²) in [7, 11) is 1.67. The molecule has 8 nitrogen and oxygen atoms in total. The quantitative estimate of drug-likeness (QED) is 0.493. The van der Waals surface area contributed by atoms with Crippen molar-refractivity contribution in [2.24, 2.45) is 0 Å². The predicted molar refractivity (Wildman–Crippen MR) is 118 cm³/mol. The number of nitrogens with one attached hydrogen (secondary N) is 2. The number of aromatic nitrogens is 2. The number of carbonyl (C=O) groups excluding carboxylic acids is 1. The van der Waals surface area contributed by atoms with Crippen LogP contribution in [0.3, 0.4) is 0 Å². The third-order valence-corrected chi connectivity index (χ3v) is 5.16. The molecular weight excluding hydrogens is 452 g/mol. The number of imidazole rings is 1. The van der Waals surface area contributed by atoms with Gasteiger partial charge in [0.1, 0.15) is 17.1 Å². The van der Waals surface area contributed by atoms with Crippen LogP contribution in [0.2, 0.25) is 0 Å². The Morgan fingerprint density at radius 1 is 1.37 bits per heavy atom. The topological polar surface area (TPSA) is 119 Å². The molecule has 0 radical (unpaired) electrons. The smallest absolute Gasteiger partial charge is 0.410 e. The average molecular weight is 479 g/mol. The maximum absolute atomic E-state index is 12.3. The first-order valence-corrected chi connectivity index (χ1v) is 10.3. The summed E-state index contributed by atoms with van der Waals surface area (Å²) < 4.78 is 6.25.